The largest absolute Gasteiger partial charge is 0.301 e. The minimum atomic E-state index is -0.119. The predicted octanol–water partition coefficient (Wildman–Crippen LogP) is 4.18. The Morgan fingerprint density at radius 2 is 2.10 bits per heavy atom. The van der Waals surface area contributed by atoms with Gasteiger partial charge >= 0.3 is 0 Å². The summed E-state index contributed by atoms with van der Waals surface area (Å²) >= 11 is 2.95. The lowest BCUT2D eigenvalue weighted by Gasteiger charge is -2.08. The number of rotatable bonds is 6. The van der Waals surface area contributed by atoms with E-state index in [0.29, 0.717) is 28.2 Å². The summed E-state index contributed by atoms with van der Waals surface area (Å²) in [5.74, 6) is 0.984. The first-order valence-electron chi connectivity index (χ1n) is 9.58. The van der Waals surface area contributed by atoms with Crippen LogP contribution in [0.25, 0.3) is 15.9 Å². The third-order valence-electron chi connectivity index (χ3n) is 5.07. The molecule has 0 saturated heterocycles. The summed E-state index contributed by atoms with van der Waals surface area (Å²) in [4.78, 5) is 39.0. The van der Waals surface area contributed by atoms with Crippen molar-refractivity contribution < 1.29 is 0 Å². The number of nitrogens with zero attached hydrogens (tertiary/aromatic N) is 3. The highest BCUT2D eigenvalue weighted by Gasteiger charge is 2.17. The van der Waals surface area contributed by atoms with Crippen molar-refractivity contribution in [2.24, 2.45) is 5.92 Å². The van der Waals surface area contributed by atoms with Crippen molar-refractivity contribution in [2.75, 3.05) is 0 Å². The minimum Gasteiger partial charge on any atom is -0.301 e. The second kappa shape index (κ2) is 8.12. The number of hydrogen-bond acceptors (Lipinski definition) is 6. The molecule has 1 unspecified atom stereocenters. The Hall–Kier alpha value is -2.45. The summed E-state index contributed by atoms with van der Waals surface area (Å²) in [7, 11) is 0. The number of thioether (sulfide) groups is 1. The van der Waals surface area contributed by atoms with E-state index in [-0.39, 0.29) is 11.1 Å². The number of aromatic amines is 1. The van der Waals surface area contributed by atoms with Gasteiger partial charge in [0.2, 0.25) is 0 Å². The molecule has 0 aliphatic carbocycles. The van der Waals surface area contributed by atoms with Crippen molar-refractivity contribution in [3.8, 4) is 0 Å². The van der Waals surface area contributed by atoms with Gasteiger partial charge in [0.1, 0.15) is 10.5 Å². The van der Waals surface area contributed by atoms with Gasteiger partial charge in [0.05, 0.1) is 11.1 Å². The van der Waals surface area contributed by atoms with Crippen molar-refractivity contribution in [2.45, 2.75) is 44.5 Å². The Balaban J connectivity index is 1.62. The van der Waals surface area contributed by atoms with Crippen LogP contribution in [0.15, 0.2) is 45.2 Å². The van der Waals surface area contributed by atoms with Crippen molar-refractivity contribution in [3.05, 3.63) is 67.3 Å². The second-order valence-electron chi connectivity index (χ2n) is 7.21. The maximum Gasteiger partial charge on any atom is 0.260 e. The fourth-order valence-electron chi connectivity index (χ4n) is 3.28. The maximum absolute atomic E-state index is 12.8. The van der Waals surface area contributed by atoms with Gasteiger partial charge in [-0.25, -0.2) is 9.97 Å². The van der Waals surface area contributed by atoms with Crippen LogP contribution >= 0.6 is 23.1 Å². The van der Waals surface area contributed by atoms with Crippen LogP contribution in [0, 0.1) is 12.8 Å². The summed E-state index contributed by atoms with van der Waals surface area (Å²) in [5, 5.41) is 1.27. The van der Waals surface area contributed by atoms with Gasteiger partial charge in [-0.05, 0) is 37.0 Å². The van der Waals surface area contributed by atoms with Gasteiger partial charge in [-0.2, -0.15) is 0 Å². The highest BCUT2D eigenvalue weighted by Crippen LogP contribution is 2.31. The lowest BCUT2D eigenvalue weighted by molar-refractivity contribution is 0.561. The maximum atomic E-state index is 12.8. The molecule has 4 heterocycles. The van der Waals surface area contributed by atoms with Crippen LogP contribution in [0.2, 0.25) is 0 Å². The van der Waals surface area contributed by atoms with Gasteiger partial charge in [0.25, 0.3) is 11.1 Å². The van der Waals surface area contributed by atoms with Gasteiger partial charge < -0.3 is 4.98 Å². The molecular weight excluding hydrogens is 404 g/mol. The molecule has 0 aliphatic heterocycles. The number of hydrogen-bond donors (Lipinski definition) is 1. The van der Waals surface area contributed by atoms with Gasteiger partial charge in [0.15, 0.2) is 5.16 Å². The zero-order valence-electron chi connectivity index (χ0n) is 16.6. The summed E-state index contributed by atoms with van der Waals surface area (Å²) < 4.78 is 1.51. The molecule has 0 fully saturated rings. The van der Waals surface area contributed by atoms with E-state index < -0.39 is 0 Å². The molecule has 8 heteroatoms. The summed E-state index contributed by atoms with van der Waals surface area (Å²) in [6.45, 7) is 6.43. The zero-order valence-corrected chi connectivity index (χ0v) is 18.2. The molecule has 4 rings (SSSR count). The Morgan fingerprint density at radius 3 is 2.90 bits per heavy atom. The molecule has 6 nitrogen and oxygen atoms in total. The Bertz CT molecular complexity index is 1310. The van der Waals surface area contributed by atoms with E-state index in [1.165, 1.54) is 22.2 Å². The molecule has 150 valence electrons. The van der Waals surface area contributed by atoms with Gasteiger partial charge in [0, 0.05) is 22.9 Å². The van der Waals surface area contributed by atoms with E-state index in [1.54, 1.807) is 29.7 Å². The topological polar surface area (TPSA) is 80.1 Å². The fraction of sp³-hybridized carbons (Fsp3) is 0.333. The average Bonchev–Trinajstić information content (AvgIpc) is 3.02. The highest BCUT2D eigenvalue weighted by molar-refractivity contribution is 7.98. The molecule has 4 aromatic rings. The SMILES string of the molecule is CCC(C)Cc1c(C)sc2nc(SCc3cc(=O)n4ccccc4n3)[nH]c(=O)c12. The van der Waals surface area contributed by atoms with Crippen LogP contribution in [0.1, 0.15) is 36.4 Å². The first-order chi connectivity index (χ1) is 14.0. The second-order valence-corrected chi connectivity index (χ2v) is 9.38. The van der Waals surface area contributed by atoms with Crippen LogP contribution in [0.4, 0.5) is 0 Å². The lowest BCUT2D eigenvalue weighted by Crippen LogP contribution is -2.15. The zero-order chi connectivity index (χ0) is 20.5. The van der Waals surface area contributed by atoms with E-state index >= 15 is 0 Å². The molecule has 0 amide bonds. The van der Waals surface area contributed by atoms with Crippen LogP contribution in [-0.2, 0) is 12.2 Å². The molecule has 4 aromatic heterocycles. The molecular formula is C21H22N4O2S2. The monoisotopic (exact) mass is 426 g/mol. The number of aromatic nitrogens is 4. The molecule has 29 heavy (non-hydrogen) atoms. The quantitative estimate of drug-likeness (QED) is 0.369. The van der Waals surface area contributed by atoms with Crippen molar-refractivity contribution in [3.63, 3.8) is 0 Å². The van der Waals surface area contributed by atoms with Crippen LogP contribution in [0.5, 0.6) is 0 Å². The molecule has 0 aromatic carbocycles. The number of H-pyrrole nitrogens is 1. The molecule has 1 atom stereocenters. The number of fused-ring (bicyclic) bond motifs is 2. The molecule has 1 N–H and O–H groups in total. The van der Waals surface area contributed by atoms with E-state index in [9.17, 15) is 9.59 Å². The fourth-order valence-corrected chi connectivity index (χ4v) is 5.15. The van der Waals surface area contributed by atoms with E-state index in [2.05, 4.69) is 35.7 Å². The van der Waals surface area contributed by atoms with E-state index in [1.807, 2.05) is 6.07 Å². The van der Waals surface area contributed by atoms with Gasteiger partial charge in [-0.15, -0.1) is 11.3 Å². The number of aryl methyl sites for hydroxylation is 1. The van der Waals surface area contributed by atoms with Gasteiger partial charge in [-0.1, -0.05) is 38.1 Å². The van der Waals surface area contributed by atoms with Crippen LogP contribution in [0.3, 0.4) is 0 Å². The van der Waals surface area contributed by atoms with E-state index in [4.69, 9.17) is 0 Å². The average molecular weight is 427 g/mol. The smallest absolute Gasteiger partial charge is 0.260 e. The van der Waals surface area contributed by atoms with E-state index in [0.717, 1.165) is 33.5 Å². The molecule has 0 bridgehead atoms. The molecule has 0 aliphatic rings. The van der Waals surface area contributed by atoms with Crippen LogP contribution < -0.4 is 11.1 Å². The third kappa shape index (κ3) is 4.00. The normalized spacial score (nSPS) is 12.7. The Labute approximate surface area is 176 Å². The van der Waals surface area contributed by atoms with Gasteiger partial charge in [-0.3, -0.25) is 14.0 Å². The number of pyridine rings is 1. The third-order valence-corrected chi connectivity index (χ3v) is 7.02. The number of thiophene rings is 1. The van der Waals surface area contributed by atoms with Crippen LogP contribution in [-0.4, -0.2) is 19.4 Å². The van der Waals surface area contributed by atoms with Crippen molar-refractivity contribution in [1.82, 2.24) is 19.4 Å². The molecule has 0 saturated carbocycles. The predicted molar refractivity (Wildman–Crippen MR) is 119 cm³/mol. The first kappa shape index (κ1) is 19.8. The molecule has 0 radical (unpaired) electrons. The lowest BCUT2D eigenvalue weighted by atomic mass is 9.98. The Kier molecular flexibility index (Phi) is 5.56. The number of nitrogens with one attached hydrogen (secondary N) is 1. The summed E-state index contributed by atoms with van der Waals surface area (Å²) in [5.41, 5.74) is 2.18. The standard InChI is InChI=1S/C21H22N4O2S2/c1-4-12(2)9-15-13(3)29-20-18(15)19(27)23-21(24-20)28-11-14-10-17(26)25-8-6-5-7-16(25)22-14/h5-8,10,12H,4,9,11H2,1-3H3,(H,23,24,27). The summed E-state index contributed by atoms with van der Waals surface area (Å²) in [6.07, 6.45) is 3.67. The highest BCUT2D eigenvalue weighted by atomic mass is 32.2. The van der Waals surface area contributed by atoms with Crippen molar-refractivity contribution in [1.29, 1.82) is 0 Å². The summed E-state index contributed by atoms with van der Waals surface area (Å²) in [6, 6.07) is 6.97. The molecule has 0 spiro atoms. The Morgan fingerprint density at radius 1 is 1.28 bits per heavy atom. The van der Waals surface area contributed by atoms with Crippen molar-refractivity contribution >= 4 is 39.0 Å². The first-order valence-corrected chi connectivity index (χ1v) is 11.4. The minimum absolute atomic E-state index is 0.0910.